The number of hydrogen-bond donors (Lipinski definition) is 1. The zero-order valence-electron chi connectivity index (χ0n) is 15.4. The lowest BCUT2D eigenvalue weighted by molar-refractivity contribution is 0.102. The summed E-state index contributed by atoms with van der Waals surface area (Å²) in [5, 5.41) is 7.81. The third-order valence-electron chi connectivity index (χ3n) is 4.51. The summed E-state index contributed by atoms with van der Waals surface area (Å²) in [5.41, 5.74) is 4.14. The van der Waals surface area contributed by atoms with Crippen LogP contribution in [-0.4, -0.2) is 27.2 Å². The number of benzene rings is 2. The molecule has 0 aliphatic carbocycles. The zero-order chi connectivity index (χ0) is 19.5. The molecule has 1 amide bonds. The van der Waals surface area contributed by atoms with Crippen LogP contribution < -0.4 is 5.32 Å². The largest absolute Gasteiger partial charge is 0.322 e. The van der Waals surface area contributed by atoms with Crippen LogP contribution in [0, 0.1) is 6.92 Å². The summed E-state index contributed by atoms with van der Waals surface area (Å²) in [6.07, 6.45) is 0. The first-order valence-electron chi connectivity index (χ1n) is 9.03. The van der Waals surface area contributed by atoms with Crippen molar-refractivity contribution in [2.75, 3.05) is 16.8 Å². The highest BCUT2D eigenvalue weighted by Gasteiger charge is 2.22. The number of carbonyl (C=O) groups excluding carboxylic acids is 1. The number of nitrogens with one attached hydrogen (secondary N) is 1. The standard InChI is InChI=1S/C21H20ClN3OS2/c1-14-18(19(22)25(24-14)13-15-6-3-2-4-7-15)20(26)23-17-9-5-8-16(12-17)21-27-10-11-28-21/h2-9,12,21H,10-11,13H2,1H3,(H,23,26). The molecular formula is C21H20ClN3OS2. The fourth-order valence-electron chi connectivity index (χ4n) is 3.18. The average Bonchev–Trinajstić information content (AvgIpc) is 3.32. The van der Waals surface area contributed by atoms with Crippen LogP contribution in [-0.2, 0) is 6.54 Å². The van der Waals surface area contributed by atoms with Gasteiger partial charge in [0.15, 0.2) is 0 Å². The molecule has 2 aromatic carbocycles. The van der Waals surface area contributed by atoms with Gasteiger partial charge in [0.25, 0.3) is 5.91 Å². The molecular weight excluding hydrogens is 410 g/mol. The molecule has 1 aliphatic heterocycles. The van der Waals surface area contributed by atoms with Gasteiger partial charge < -0.3 is 5.32 Å². The minimum Gasteiger partial charge on any atom is -0.322 e. The molecule has 144 valence electrons. The van der Waals surface area contributed by atoms with Crippen molar-refractivity contribution >= 4 is 46.7 Å². The van der Waals surface area contributed by atoms with Crippen molar-refractivity contribution in [1.82, 2.24) is 9.78 Å². The SMILES string of the molecule is Cc1nn(Cc2ccccc2)c(Cl)c1C(=O)Nc1cccc(C2SCCS2)c1. The van der Waals surface area contributed by atoms with Gasteiger partial charge in [0, 0.05) is 17.2 Å². The van der Waals surface area contributed by atoms with E-state index < -0.39 is 0 Å². The van der Waals surface area contributed by atoms with E-state index >= 15 is 0 Å². The van der Waals surface area contributed by atoms with Crippen LogP contribution in [0.1, 0.15) is 31.8 Å². The van der Waals surface area contributed by atoms with E-state index in [-0.39, 0.29) is 5.91 Å². The van der Waals surface area contributed by atoms with Crippen LogP contribution >= 0.6 is 35.1 Å². The Bertz CT molecular complexity index is 985. The van der Waals surface area contributed by atoms with Gasteiger partial charge in [-0.2, -0.15) is 5.10 Å². The number of halogens is 1. The Morgan fingerprint density at radius 3 is 2.68 bits per heavy atom. The van der Waals surface area contributed by atoms with Gasteiger partial charge in [-0.25, -0.2) is 4.68 Å². The number of hydrogen-bond acceptors (Lipinski definition) is 4. The first-order valence-corrected chi connectivity index (χ1v) is 11.5. The number of thioether (sulfide) groups is 2. The van der Waals surface area contributed by atoms with Crippen molar-refractivity contribution in [3.63, 3.8) is 0 Å². The minimum absolute atomic E-state index is 0.231. The van der Waals surface area contributed by atoms with Crippen LogP contribution in [0.2, 0.25) is 5.15 Å². The smallest absolute Gasteiger partial charge is 0.260 e. The number of amides is 1. The summed E-state index contributed by atoms with van der Waals surface area (Å²) in [7, 11) is 0. The van der Waals surface area contributed by atoms with Crippen molar-refractivity contribution < 1.29 is 4.79 Å². The third-order valence-corrected chi connectivity index (χ3v) is 7.99. The van der Waals surface area contributed by atoms with Crippen LogP contribution in [0.5, 0.6) is 0 Å². The van der Waals surface area contributed by atoms with Crippen molar-refractivity contribution in [3.8, 4) is 0 Å². The van der Waals surface area contributed by atoms with Gasteiger partial charge in [-0.05, 0) is 30.2 Å². The van der Waals surface area contributed by atoms with Gasteiger partial charge in [0.1, 0.15) is 5.15 Å². The second-order valence-corrected chi connectivity index (χ2v) is 9.63. The molecule has 1 aliphatic rings. The van der Waals surface area contributed by atoms with E-state index in [9.17, 15) is 4.79 Å². The molecule has 2 heterocycles. The summed E-state index contributed by atoms with van der Waals surface area (Å²) in [5.74, 6) is 2.11. The Kier molecular flexibility index (Phi) is 5.99. The molecule has 0 radical (unpaired) electrons. The first kappa shape index (κ1) is 19.4. The highest BCUT2D eigenvalue weighted by Crippen LogP contribution is 2.45. The fourth-order valence-corrected chi connectivity index (χ4v) is 6.34. The lowest BCUT2D eigenvalue weighted by Crippen LogP contribution is -2.13. The van der Waals surface area contributed by atoms with Crippen molar-refractivity contribution in [1.29, 1.82) is 0 Å². The summed E-state index contributed by atoms with van der Waals surface area (Å²) in [4.78, 5) is 12.9. The molecule has 0 unspecified atom stereocenters. The molecule has 0 bridgehead atoms. The predicted octanol–water partition coefficient (Wildman–Crippen LogP) is 5.62. The van der Waals surface area contributed by atoms with Crippen LogP contribution in [0.4, 0.5) is 5.69 Å². The van der Waals surface area contributed by atoms with E-state index in [0.717, 1.165) is 11.3 Å². The summed E-state index contributed by atoms with van der Waals surface area (Å²) in [6, 6.07) is 18.0. The van der Waals surface area contributed by atoms with Crippen molar-refractivity contribution in [2.45, 2.75) is 18.1 Å². The highest BCUT2D eigenvalue weighted by atomic mass is 35.5. The van der Waals surface area contributed by atoms with Crippen LogP contribution in [0.3, 0.4) is 0 Å². The summed E-state index contributed by atoms with van der Waals surface area (Å²) in [6.45, 7) is 2.34. The quantitative estimate of drug-likeness (QED) is 0.571. The fraction of sp³-hybridized carbons (Fsp3) is 0.238. The molecule has 1 aromatic heterocycles. The van der Waals surface area contributed by atoms with E-state index in [1.807, 2.05) is 79.0 Å². The lowest BCUT2D eigenvalue weighted by atomic mass is 10.2. The van der Waals surface area contributed by atoms with Crippen molar-refractivity contribution in [2.24, 2.45) is 0 Å². The Morgan fingerprint density at radius 1 is 1.18 bits per heavy atom. The lowest BCUT2D eigenvalue weighted by Gasteiger charge is -2.11. The Morgan fingerprint density at radius 2 is 1.93 bits per heavy atom. The molecule has 0 atom stereocenters. The maximum atomic E-state index is 12.9. The number of aromatic nitrogens is 2. The summed E-state index contributed by atoms with van der Waals surface area (Å²) < 4.78 is 2.11. The molecule has 3 aromatic rings. The number of aryl methyl sites for hydroxylation is 1. The van der Waals surface area contributed by atoms with E-state index in [2.05, 4.69) is 16.5 Å². The van der Waals surface area contributed by atoms with E-state index in [1.165, 1.54) is 17.1 Å². The van der Waals surface area contributed by atoms with Crippen LogP contribution in [0.25, 0.3) is 0 Å². The number of rotatable bonds is 5. The molecule has 4 rings (SSSR count). The zero-order valence-corrected chi connectivity index (χ0v) is 17.8. The molecule has 1 saturated heterocycles. The highest BCUT2D eigenvalue weighted by molar-refractivity contribution is 8.19. The van der Waals surface area contributed by atoms with Gasteiger partial charge in [-0.3, -0.25) is 4.79 Å². The second kappa shape index (κ2) is 8.64. The first-order chi connectivity index (χ1) is 13.6. The van der Waals surface area contributed by atoms with Gasteiger partial charge in [0.05, 0.1) is 22.4 Å². The molecule has 28 heavy (non-hydrogen) atoms. The van der Waals surface area contributed by atoms with Gasteiger partial charge in [-0.1, -0.05) is 54.1 Å². The molecule has 7 heteroatoms. The molecule has 0 saturated carbocycles. The monoisotopic (exact) mass is 429 g/mol. The topological polar surface area (TPSA) is 46.9 Å². The van der Waals surface area contributed by atoms with Gasteiger partial charge in [0.2, 0.25) is 0 Å². The van der Waals surface area contributed by atoms with Crippen molar-refractivity contribution in [3.05, 3.63) is 82.1 Å². The third kappa shape index (κ3) is 4.24. The normalized spacial score (nSPS) is 14.4. The van der Waals surface area contributed by atoms with E-state index in [0.29, 0.717) is 27.5 Å². The van der Waals surface area contributed by atoms with Crippen LogP contribution in [0.15, 0.2) is 54.6 Å². The average molecular weight is 430 g/mol. The number of anilines is 1. The number of carbonyl (C=O) groups is 1. The molecule has 4 nitrogen and oxygen atoms in total. The maximum Gasteiger partial charge on any atom is 0.260 e. The maximum absolute atomic E-state index is 12.9. The summed E-state index contributed by atoms with van der Waals surface area (Å²) >= 11 is 10.4. The Balaban J connectivity index is 1.53. The molecule has 1 N–H and O–H groups in total. The minimum atomic E-state index is -0.231. The van der Waals surface area contributed by atoms with Gasteiger partial charge in [-0.15, -0.1) is 23.5 Å². The Hall–Kier alpha value is -1.89. The molecule has 1 fully saturated rings. The van der Waals surface area contributed by atoms with Gasteiger partial charge >= 0.3 is 0 Å². The number of nitrogens with zero attached hydrogens (tertiary/aromatic N) is 2. The van der Waals surface area contributed by atoms with E-state index in [4.69, 9.17) is 11.6 Å². The molecule has 0 spiro atoms. The van der Waals surface area contributed by atoms with E-state index in [1.54, 1.807) is 4.68 Å². The Labute approximate surface area is 178 Å². The predicted molar refractivity (Wildman–Crippen MR) is 120 cm³/mol. The second-order valence-electron chi connectivity index (χ2n) is 6.55.